The summed E-state index contributed by atoms with van der Waals surface area (Å²) in [4.78, 5) is 11.7. The lowest BCUT2D eigenvalue weighted by Crippen LogP contribution is -2.16. The Morgan fingerprint density at radius 2 is 1.88 bits per heavy atom. The molecule has 1 aliphatic carbocycles. The molecule has 0 radical (unpaired) electrons. The molecule has 0 spiro atoms. The average molecular weight is 220 g/mol. The molecule has 0 saturated heterocycles. The largest absolute Gasteiger partial charge is 0.497 e. The summed E-state index contributed by atoms with van der Waals surface area (Å²) in [5.41, 5.74) is 1.02. The van der Waals surface area contributed by atoms with Crippen LogP contribution in [-0.4, -0.2) is 20.2 Å². The zero-order valence-electron chi connectivity index (χ0n) is 9.60. The average Bonchev–Trinajstić information content (AvgIpc) is 3.14. The van der Waals surface area contributed by atoms with Gasteiger partial charge in [-0.25, -0.2) is 0 Å². The van der Waals surface area contributed by atoms with E-state index in [9.17, 15) is 4.79 Å². The van der Waals surface area contributed by atoms with Gasteiger partial charge in [0.15, 0.2) is 0 Å². The van der Waals surface area contributed by atoms with Gasteiger partial charge >= 0.3 is 5.97 Å². The van der Waals surface area contributed by atoms with Crippen LogP contribution in [-0.2, 0) is 9.53 Å². The summed E-state index contributed by atoms with van der Waals surface area (Å²) in [6, 6.07) is 7.65. The van der Waals surface area contributed by atoms with Gasteiger partial charge < -0.3 is 9.47 Å². The molecule has 1 atom stereocenters. The number of hydrogen-bond donors (Lipinski definition) is 0. The van der Waals surface area contributed by atoms with Gasteiger partial charge in [-0.1, -0.05) is 12.1 Å². The Labute approximate surface area is 95.4 Å². The second-order valence-electron chi connectivity index (χ2n) is 4.11. The van der Waals surface area contributed by atoms with E-state index in [0.29, 0.717) is 5.92 Å². The molecule has 0 N–H and O–H groups in total. The fourth-order valence-corrected chi connectivity index (χ4v) is 1.97. The topological polar surface area (TPSA) is 35.5 Å². The van der Waals surface area contributed by atoms with Crippen molar-refractivity contribution in [1.29, 1.82) is 0 Å². The molecular formula is C13H16O3. The number of benzene rings is 1. The highest BCUT2D eigenvalue weighted by molar-refractivity contribution is 5.79. The van der Waals surface area contributed by atoms with E-state index in [1.54, 1.807) is 7.11 Å². The minimum Gasteiger partial charge on any atom is -0.497 e. The molecule has 1 unspecified atom stereocenters. The SMILES string of the molecule is COC(=O)C(c1ccc(OC)cc1)C1CC1. The van der Waals surface area contributed by atoms with Crippen LogP contribution in [0.15, 0.2) is 24.3 Å². The van der Waals surface area contributed by atoms with E-state index in [2.05, 4.69) is 0 Å². The van der Waals surface area contributed by atoms with E-state index in [4.69, 9.17) is 9.47 Å². The molecule has 3 nitrogen and oxygen atoms in total. The van der Waals surface area contributed by atoms with Crippen LogP contribution in [0.4, 0.5) is 0 Å². The summed E-state index contributed by atoms with van der Waals surface area (Å²) < 4.78 is 9.95. The van der Waals surface area contributed by atoms with Crippen LogP contribution in [0.25, 0.3) is 0 Å². The van der Waals surface area contributed by atoms with Crippen LogP contribution >= 0.6 is 0 Å². The maximum absolute atomic E-state index is 11.7. The van der Waals surface area contributed by atoms with Crippen molar-refractivity contribution < 1.29 is 14.3 Å². The van der Waals surface area contributed by atoms with Crippen molar-refractivity contribution in [3.05, 3.63) is 29.8 Å². The van der Waals surface area contributed by atoms with Crippen LogP contribution in [0.5, 0.6) is 5.75 Å². The Bertz CT molecular complexity index is 365. The molecule has 1 aromatic carbocycles. The predicted octanol–water partition coefficient (Wildman–Crippen LogP) is 2.36. The first-order valence-electron chi connectivity index (χ1n) is 5.48. The summed E-state index contributed by atoms with van der Waals surface area (Å²) in [7, 11) is 3.08. The number of carbonyl (C=O) groups excluding carboxylic acids is 1. The van der Waals surface area contributed by atoms with Crippen LogP contribution in [0.2, 0.25) is 0 Å². The molecule has 1 aromatic rings. The van der Waals surface area contributed by atoms with Gasteiger partial charge in [0, 0.05) is 0 Å². The lowest BCUT2D eigenvalue weighted by molar-refractivity contribution is -0.143. The first-order valence-corrected chi connectivity index (χ1v) is 5.48. The molecule has 0 aromatic heterocycles. The van der Waals surface area contributed by atoms with E-state index < -0.39 is 0 Å². The van der Waals surface area contributed by atoms with Crippen LogP contribution in [0, 0.1) is 5.92 Å². The Hall–Kier alpha value is -1.51. The molecule has 1 aliphatic rings. The van der Waals surface area contributed by atoms with Gasteiger partial charge in [-0.15, -0.1) is 0 Å². The summed E-state index contributed by atoms with van der Waals surface area (Å²) >= 11 is 0. The van der Waals surface area contributed by atoms with Gasteiger partial charge in [0.05, 0.1) is 20.1 Å². The van der Waals surface area contributed by atoms with Gasteiger partial charge in [-0.2, -0.15) is 0 Å². The zero-order valence-corrected chi connectivity index (χ0v) is 9.60. The second kappa shape index (κ2) is 4.56. The summed E-state index contributed by atoms with van der Waals surface area (Å²) in [6.45, 7) is 0. The number of esters is 1. The Balaban J connectivity index is 2.21. The standard InChI is InChI=1S/C13H16O3/c1-15-11-7-5-10(6-8-11)12(9-3-4-9)13(14)16-2/h5-9,12H,3-4H2,1-2H3. The van der Waals surface area contributed by atoms with E-state index in [1.807, 2.05) is 24.3 Å². The third-order valence-electron chi connectivity index (χ3n) is 3.02. The van der Waals surface area contributed by atoms with E-state index in [1.165, 1.54) is 7.11 Å². The van der Waals surface area contributed by atoms with Crippen molar-refractivity contribution in [3.8, 4) is 5.75 Å². The molecule has 0 bridgehead atoms. The molecule has 2 rings (SSSR count). The van der Waals surface area contributed by atoms with E-state index in [-0.39, 0.29) is 11.9 Å². The zero-order chi connectivity index (χ0) is 11.5. The number of methoxy groups -OCH3 is 2. The summed E-state index contributed by atoms with van der Waals surface area (Å²) in [5.74, 6) is 1.03. The van der Waals surface area contributed by atoms with Gasteiger partial charge in [-0.3, -0.25) is 4.79 Å². The van der Waals surface area contributed by atoms with Crippen molar-refractivity contribution in [2.45, 2.75) is 18.8 Å². The molecule has 16 heavy (non-hydrogen) atoms. The third-order valence-corrected chi connectivity index (χ3v) is 3.02. The quantitative estimate of drug-likeness (QED) is 0.731. The minimum absolute atomic E-state index is 0.101. The maximum Gasteiger partial charge on any atom is 0.313 e. The monoisotopic (exact) mass is 220 g/mol. The first-order chi connectivity index (χ1) is 7.76. The van der Waals surface area contributed by atoms with Gasteiger partial charge in [0.2, 0.25) is 0 Å². The van der Waals surface area contributed by atoms with Crippen LogP contribution in [0.3, 0.4) is 0 Å². The molecule has 0 heterocycles. The molecule has 1 saturated carbocycles. The molecule has 1 fully saturated rings. The van der Waals surface area contributed by atoms with Crippen LogP contribution < -0.4 is 4.74 Å². The van der Waals surface area contributed by atoms with Crippen molar-refractivity contribution >= 4 is 5.97 Å². The number of ether oxygens (including phenoxy) is 2. The molecular weight excluding hydrogens is 204 g/mol. The normalized spacial score (nSPS) is 16.6. The fourth-order valence-electron chi connectivity index (χ4n) is 1.97. The fraction of sp³-hybridized carbons (Fsp3) is 0.462. The number of hydrogen-bond acceptors (Lipinski definition) is 3. The van der Waals surface area contributed by atoms with E-state index in [0.717, 1.165) is 24.2 Å². The second-order valence-corrected chi connectivity index (χ2v) is 4.11. The van der Waals surface area contributed by atoms with Gasteiger partial charge in [0.25, 0.3) is 0 Å². The van der Waals surface area contributed by atoms with Crippen molar-refractivity contribution in [2.24, 2.45) is 5.92 Å². The van der Waals surface area contributed by atoms with E-state index >= 15 is 0 Å². The Morgan fingerprint density at radius 3 is 2.31 bits per heavy atom. The summed E-state index contributed by atoms with van der Waals surface area (Å²) in [6.07, 6.45) is 2.23. The van der Waals surface area contributed by atoms with Crippen molar-refractivity contribution in [1.82, 2.24) is 0 Å². The highest BCUT2D eigenvalue weighted by Gasteiger charge is 2.37. The Kier molecular flexibility index (Phi) is 3.13. The Morgan fingerprint density at radius 1 is 1.25 bits per heavy atom. The lowest BCUT2D eigenvalue weighted by atomic mass is 9.94. The maximum atomic E-state index is 11.7. The van der Waals surface area contributed by atoms with Crippen molar-refractivity contribution in [2.75, 3.05) is 14.2 Å². The highest BCUT2D eigenvalue weighted by Crippen LogP contribution is 2.43. The molecule has 0 amide bonds. The van der Waals surface area contributed by atoms with Gasteiger partial charge in [0.1, 0.15) is 5.75 Å². The lowest BCUT2D eigenvalue weighted by Gasteiger charge is -2.14. The number of rotatable bonds is 4. The highest BCUT2D eigenvalue weighted by atomic mass is 16.5. The summed E-state index contributed by atoms with van der Waals surface area (Å²) in [5, 5.41) is 0. The molecule has 0 aliphatic heterocycles. The number of carbonyl (C=O) groups is 1. The minimum atomic E-state index is -0.132. The van der Waals surface area contributed by atoms with Gasteiger partial charge in [-0.05, 0) is 36.5 Å². The van der Waals surface area contributed by atoms with Crippen LogP contribution in [0.1, 0.15) is 24.3 Å². The van der Waals surface area contributed by atoms with Crippen molar-refractivity contribution in [3.63, 3.8) is 0 Å². The predicted molar refractivity (Wildman–Crippen MR) is 60.5 cm³/mol. The molecule has 3 heteroatoms. The first kappa shape index (κ1) is 11.0. The third kappa shape index (κ3) is 2.18. The smallest absolute Gasteiger partial charge is 0.313 e. The molecule has 86 valence electrons.